The van der Waals surface area contributed by atoms with Gasteiger partial charge in [0.25, 0.3) is 11.8 Å². The van der Waals surface area contributed by atoms with Crippen LogP contribution in [0.4, 0.5) is 0 Å². The summed E-state index contributed by atoms with van der Waals surface area (Å²) in [6.07, 6.45) is 0. The number of ether oxygens (including phenoxy) is 2. The van der Waals surface area contributed by atoms with Gasteiger partial charge in [0.1, 0.15) is 5.75 Å². The van der Waals surface area contributed by atoms with Crippen molar-refractivity contribution in [2.45, 2.75) is 11.4 Å². The fraction of sp³-hybridized carbons (Fsp3) is 0.125. The number of rotatable bonds is 9. The first kappa shape index (κ1) is 24.6. The van der Waals surface area contributed by atoms with Crippen molar-refractivity contribution in [3.63, 3.8) is 0 Å². The maximum absolute atomic E-state index is 12.6. The molecule has 0 fully saturated rings. The van der Waals surface area contributed by atoms with Gasteiger partial charge in [0.05, 0.1) is 17.6 Å². The van der Waals surface area contributed by atoms with Crippen LogP contribution in [0.3, 0.4) is 0 Å². The fourth-order valence-corrected chi connectivity index (χ4v) is 3.90. The van der Waals surface area contributed by atoms with Crippen LogP contribution in [0.15, 0.2) is 83.8 Å². The fourth-order valence-electron chi connectivity index (χ4n) is 2.84. The Balaban J connectivity index is 1.55. The molecular weight excluding hydrogens is 460 g/mol. The topological polar surface area (TPSA) is 128 Å². The predicted octanol–water partition coefficient (Wildman–Crippen LogP) is 2.29. The van der Waals surface area contributed by atoms with Gasteiger partial charge in [-0.25, -0.2) is 17.9 Å². The van der Waals surface area contributed by atoms with Crippen LogP contribution in [0.25, 0.3) is 0 Å². The molecule has 0 spiro atoms. The maximum Gasteiger partial charge on any atom is 0.338 e. The van der Waals surface area contributed by atoms with Crippen LogP contribution >= 0.6 is 0 Å². The van der Waals surface area contributed by atoms with Gasteiger partial charge in [0, 0.05) is 12.1 Å². The van der Waals surface area contributed by atoms with Crippen molar-refractivity contribution in [2.24, 2.45) is 0 Å². The molecule has 0 unspecified atom stereocenters. The Morgan fingerprint density at radius 1 is 0.853 bits per heavy atom. The molecule has 3 aromatic rings. The van der Waals surface area contributed by atoms with Crippen molar-refractivity contribution >= 4 is 27.8 Å². The zero-order valence-electron chi connectivity index (χ0n) is 18.2. The minimum atomic E-state index is -3.89. The number of nitrogens with one attached hydrogen (secondary N) is 2. The first-order valence-corrected chi connectivity index (χ1v) is 11.6. The van der Waals surface area contributed by atoms with E-state index in [9.17, 15) is 22.8 Å². The van der Waals surface area contributed by atoms with E-state index in [1.165, 1.54) is 37.4 Å². The number of imide groups is 1. The molecule has 0 saturated heterocycles. The molecule has 3 aromatic carbocycles. The minimum absolute atomic E-state index is 0.0585. The summed E-state index contributed by atoms with van der Waals surface area (Å²) in [5, 5.41) is 2.11. The third-order valence-corrected chi connectivity index (χ3v) is 6.03. The third-order valence-electron chi connectivity index (χ3n) is 4.63. The Labute approximate surface area is 196 Å². The number of carbonyl (C=O) groups is 3. The molecule has 0 aromatic heterocycles. The summed E-state index contributed by atoms with van der Waals surface area (Å²) in [7, 11) is -2.40. The summed E-state index contributed by atoms with van der Waals surface area (Å²) in [6.45, 7) is -0.635. The van der Waals surface area contributed by atoms with Gasteiger partial charge in [-0.15, -0.1) is 0 Å². The second-order valence-corrected chi connectivity index (χ2v) is 8.79. The standard InChI is InChI=1S/C24H22N2O7S/c1-32-20-12-10-18(11-13-20)23(28)26-22(27)16-33-24(29)19-8-5-9-21(14-19)34(30,31)25-15-17-6-3-2-4-7-17/h2-14,25H,15-16H2,1H3,(H,26,27,28). The van der Waals surface area contributed by atoms with E-state index in [2.05, 4.69) is 10.0 Å². The van der Waals surface area contributed by atoms with Gasteiger partial charge in [-0.2, -0.15) is 0 Å². The first-order valence-electron chi connectivity index (χ1n) is 10.1. The number of sulfonamides is 1. The van der Waals surface area contributed by atoms with Gasteiger partial charge < -0.3 is 9.47 Å². The lowest BCUT2D eigenvalue weighted by atomic mass is 10.2. The van der Waals surface area contributed by atoms with Crippen LogP contribution in [0, 0.1) is 0 Å². The highest BCUT2D eigenvalue weighted by atomic mass is 32.2. The van der Waals surface area contributed by atoms with E-state index in [-0.39, 0.29) is 22.6 Å². The van der Waals surface area contributed by atoms with Crippen LogP contribution in [0.2, 0.25) is 0 Å². The lowest BCUT2D eigenvalue weighted by molar-refractivity contribution is -0.123. The zero-order chi connectivity index (χ0) is 24.6. The molecular formula is C24H22N2O7S. The van der Waals surface area contributed by atoms with Crippen molar-refractivity contribution in [3.05, 3.63) is 95.6 Å². The van der Waals surface area contributed by atoms with Gasteiger partial charge in [-0.05, 0) is 48.0 Å². The van der Waals surface area contributed by atoms with Crippen molar-refractivity contribution in [3.8, 4) is 5.75 Å². The van der Waals surface area contributed by atoms with E-state index < -0.39 is 34.4 Å². The van der Waals surface area contributed by atoms with Crippen LogP contribution in [0.5, 0.6) is 5.75 Å². The highest BCUT2D eigenvalue weighted by Gasteiger charge is 2.18. The molecule has 0 atom stereocenters. The average Bonchev–Trinajstić information content (AvgIpc) is 2.87. The molecule has 0 radical (unpaired) electrons. The Kier molecular flexibility index (Phi) is 8.12. The van der Waals surface area contributed by atoms with Gasteiger partial charge in [-0.3, -0.25) is 14.9 Å². The van der Waals surface area contributed by atoms with Crippen molar-refractivity contribution in [1.29, 1.82) is 0 Å². The predicted molar refractivity (Wildman–Crippen MR) is 123 cm³/mol. The Bertz CT molecular complexity index is 1270. The molecule has 0 aliphatic heterocycles. The molecule has 34 heavy (non-hydrogen) atoms. The summed E-state index contributed by atoms with van der Waals surface area (Å²) in [4.78, 5) is 36.3. The summed E-state index contributed by atoms with van der Waals surface area (Å²) in [6, 6.07) is 20.3. The lowest BCUT2D eigenvalue weighted by Crippen LogP contribution is -2.34. The second kappa shape index (κ2) is 11.2. The molecule has 2 N–H and O–H groups in total. The molecule has 176 valence electrons. The molecule has 10 heteroatoms. The zero-order valence-corrected chi connectivity index (χ0v) is 19.0. The van der Waals surface area contributed by atoms with E-state index in [1.54, 1.807) is 36.4 Å². The van der Waals surface area contributed by atoms with E-state index in [1.807, 2.05) is 6.07 Å². The molecule has 0 bridgehead atoms. The second-order valence-electron chi connectivity index (χ2n) is 7.02. The Hall–Kier alpha value is -4.02. The van der Waals surface area contributed by atoms with Crippen LogP contribution in [-0.2, 0) is 26.1 Å². The number of hydrogen-bond donors (Lipinski definition) is 2. The van der Waals surface area contributed by atoms with Crippen molar-refractivity contribution in [2.75, 3.05) is 13.7 Å². The lowest BCUT2D eigenvalue weighted by Gasteiger charge is -2.09. The number of hydrogen-bond acceptors (Lipinski definition) is 7. The normalized spacial score (nSPS) is 10.9. The summed E-state index contributed by atoms with van der Waals surface area (Å²) in [5.74, 6) is -1.85. The first-order chi connectivity index (χ1) is 16.3. The summed E-state index contributed by atoms with van der Waals surface area (Å²) in [5.41, 5.74) is 0.940. The number of esters is 1. The molecule has 0 aliphatic rings. The van der Waals surface area contributed by atoms with Gasteiger partial charge in [-0.1, -0.05) is 36.4 Å². The van der Waals surface area contributed by atoms with Crippen LogP contribution in [0.1, 0.15) is 26.3 Å². The smallest absolute Gasteiger partial charge is 0.338 e. The molecule has 3 rings (SSSR count). The van der Waals surface area contributed by atoms with E-state index >= 15 is 0 Å². The number of amides is 2. The molecule has 0 aliphatic carbocycles. The van der Waals surface area contributed by atoms with E-state index in [4.69, 9.17) is 9.47 Å². The quantitative estimate of drug-likeness (QED) is 0.448. The average molecular weight is 483 g/mol. The number of carbonyl (C=O) groups excluding carboxylic acids is 3. The van der Waals surface area contributed by atoms with Crippen molar-refractivity contribution in [1.82, 2.24) is 10.0 Å². The summed E-state index contributed by atoms with van der Waals surface area (Å²) >= 11 is 0. The van der Waals surface area contributed by atoms with Crippen LogP contribution in [-0.4, -0.2) is 39.9 Å². The molecule has 0 saturated carbocycles. The van der Waals surface area contributed by atoms with Crippen LogP contribution < -0.4 is 14.8 Å². The molecule has 9 nitrogen and oxygen atoms in total. The van der Waals surface area contributed by atoms with E-state index in [0.717, 1.165) is 11.6 Å². The number of benzene rings is 3. The third kappa shape index (κ3) is 6.74. The number of methoxy groups -OCH3 is 1. The largest absolute Gasteiger partial charge is 0.497 e. The Morgan fingerprint density at radius 3 is 2.24 bits per heavy atom. The highest BCUT2D eigenvalue weighted by Crippen LogP contribution is 2.14. The van der Waals surface area contributed by atoms with Gasteiger partial charge in [0.2, 0.25) is 10.0 Å². The molecule has 0 heterocycles. The molecule has 2 amide bonds. The minimum Gasteiger partial charge on any atom is -0.497 e. The highest BCUT2D eigenvalue weighted by molar-refractivity contribution is 7.89. The maximum atomic E-state index is 12.6. The SMILES string of the molecule is COc1ccc(C(=O)NC(=O)COC(=O)c2cccc(S(=O)(=O)NCc3ccccc3)c2)cc1. The van der Waals surface area contributed by atoms with Gasteiger partial charge >= 0.3 is 5.97 Å². The Morgan fingerprint density at radius 2 is 1.56 bits per heavy atom. The van der Waals surface area contributed by atoms with Crippen molar-refractivity contribution < 1.29 is 32.3 Å². The van der Waals surface area contributed by atoms with Gasteiger partial charge in [0.15, 0.2) is 6.61 Å². The summed E-state index contributed by atoms with van der Waals surface area (Å²) < 4.78 is 37.5. The monoisotopic (exact) mass is 482 g/mol. The van der Waals surface area contributed by atoms with E-state index in [0.29, 0.717) is 5.75 Å².